The van der Waals surface area contributed by atoms with Crippen molar-refractivity contribution in [2.75, 3.05) is 0 Å². The number of phenols is 1. The van der Waals surface area contributed by atoms with Gasteiger partial charge in [0.25, 0.3) is 0 Å². The van der Waals surface area contributed by atoms with Gasteiger partial charge in [0.2, 0.25) is 0 Å². The Morgan fingerprint density at radius 3 is 2.55 bits per heavy atom. The van der Waals surface area contributed by atoms with Gasteiger partial charge in [0.15, 0.2) is 0 Å². The number of benzene rings is 1. The molecule has 1 aromatic rings. The lowest BCUT2D eigenvalue weighted by Gasteiger charge is -1.97. The molecule has 0 bridgehead atoms. The highest BCUT2D eigenvalue weighted by atomic mass is 16.4. The van der Waals surface area contributed by atoms with Gasteiger partial charge in [-0.1, -0.05) is 6.07 Å². The molecule has 1 rings (SSSR count). The van der Waals surface area contributed by atoms with E-state index in [4.69, 9.17) is 5.11 Å². The molecule has 0 amide bonds. The van der Waals surface area contributed by atoms with E-state index in [0.29, 0.717) is 0 Å². The van der Waals surface area contributed by atoms with Crippen LogP contribution in [0, 0.1) is 6.92 Å². The molecule has 0 atom stereocenters. The first-order chi connectivity index (χ1) is 5.11. The monoisotopic (exact) mass is 151 g/mol. The summed E-state index contributed by atoms with van der Waals surface area (Å²) in [5.41, 5.74) is 0.642. The largest absolute Gasteiger partial charge is 0.507 e. The molecule has 0 heterocycles. The van der Waals surface area contributed by atoms with Crippen molar-refractivity contribution in [1.29, 1.82) is 0 Å². The molecule has 0 aliphatic carbocycles. The van der Waals surface area contributed by atoms with Crippen LogP contribution in [0.15, 0.2) is 18.2 Å². The quantitative estimate of drug-likeness (QED) is 0.657. The van der Waals surface area contributed by atoms with Gasteiger partial charge in [0.1, 0.15) is 11.3 Å². The van der Waals surface area contributed by atoms with Crippen LogP contribution in [-0.2, 0) is 5.11 Å². The van der Waals surface area contributed by atoms with E-state index in [9.17, 15) is 9.90 Å². The van der Waals surface area contributed by atoms with Gasteiger partial charge < -0.3 is 5.11 Å². The number of carbonyl (C=O) groups is 1. The van der Waals surface area contributed by atoms with Crippen LogP contribution in [-0.4, -0.2) is 11.1 Å². The van der Waals surface area contributed by atoms with Crippen LogP contribution < -0.4 is 0 Å². The Kier molecular flexibility index (Phi) is 1.81. The Balaban J connectivity index is 3.20. The Morgan fingerprint density at radius 1 is 1.45 bits per heavy atom. The molecule has 0 aromatic heterocycles. The van der Waals surface area contributed by atoms with E-state index < -0.39 is 5.97 Å². The lowest BCUT2D eigenvalue weighted by atomic mass is 10.1. The molecule has 0 aliphatic rings. The van der Waals surface area contributed by atoms with Gasteiger partial charge in [-0.05, 0) is 24.6 Å². The molecule has 3 heteroatoms. The third-order valence-corrected chi connectivity index (χ3v) is 1.37. The maximum absolute atomic E-state index is 10.3. The van der Waals surface area contributed by atoms with Gasteiger partial charge in [-0.15, -0.1) is 0 Å². The molecule has 1 N–H and O–H groups in total. The molecule has 0 aliphatic heterocycles. The van der Waals surface area contributed by atoms with Crippen molar-refractivity contribution in [3.63, 3.8) is 0 Å². The van der Waals surface area contributed by atoms with E-state index in [1.165, 1.54) is 12.1 Å². The molecule has 1 radical (unpaired) electrons. The fraction of sp³-hybridized carbons (Fsp3) is 0.125. The van der Waals surface area contributed by atoms with Crippen molar-refractivity contribution in [3.05, 3.63) is 29.3 Å². The minimum Gasteiger partial charge on any atom is -0.507 e. The van der Waals surface area contributed by atoms with Gasteiger partial charge in [0.05, 0.1) is 0 Å². The molecular formula is C8H7O3. The first-order valence-corrected chi connectivity index (χ1v) is 3.12. The number of rotatable bonds is 1. The lowest BCUT2D eigenvalue weighted by Crippen LogP contribution is -1.94. The Bertz CT molecular complexity index is 291. The summed E-state index contributed by atoms with van der Waals surface area (Å²) in [4.78, 5) is 10.3. The van der Waals surface area contributed by atoms with Gasteiger partial charge in [-0.3, -0.25) is 0 Å². The van der Waals surface area contributed by atoms with Crippen LogP contribution in [0.3, 0.4) is 0 Å². The minimum absolute atomic E-state index is 0.171. The predicted molar refractivity (Wildman–Crippen MR) is 37.9 cm³/mol. The highest BCUT2D eigenvalue weighted by molar-refractivity contribution is 5.90. The van der Waals surface area contributed by atoms with E-state index in [-0.39, 0.29) is 11.3 Å². The SMILES string of the molecule is Cc1ccc(C([O])=O)c(O)c1. The summed E-state index contributed by atoms with van der Waals surface area (Å²) in [6.07, 6.45) is 0. The fourth-order valence-corrected chi connectivity index (χ4v) is 0.814. The highest BCUT2D eigenvalue weighted by Crippen LogP contribution is 2.17. The smallest absolute Gasteiger partial charge is 0.390 e. The summed E-state index contributed by atoms with van der Waals surface area (Å²) < 4.78 is 0. The van der Waals surface area contributed by atoms with Crippen LogP contribution >= 0.6 is 0 Å². The average molecular weight is 151 g/mol. The zero-order valence-corrected chi connectivity index (χ0v) is 6.00. The summed E-state index contributed by atoms with van der Waals surface area (Å²) in [7, 11) is 0. The standard InChI is InChI=1S/C8H7O3/c1-5-2-3-6(8(10)11)7(9)4-5/h2-4,9H,1H3. The number of aryl methyl sites for hydroxylation is 1. The summed E-state index contributed by atoms with van der Waals surface area (Å²) in [6.45, 7) is 1.76. The third-order valence-electron chi connectivity index (χ3n) is 1.37. The second kappa shape index (κ2) is 2.62. The third kappa shape index (κ3) is 1.49. The highest BCUT2D eigenvalue weighted by Gasteiger charge is 2.09. The Hall–Kier alpha value is -1.51. The maximum Gasteiger partial charge on any atom is 0.390 e. The van der Waals surface area contributed by atoms with Gasteiger partial charge in [-0.2, -0.15) is 0 Å². The molecule has 0 saturated heterocycles. The van der Waals surface area contributed by atoms with E-state index in [0.717, 1.165) is 5.56 Å². The molecule has 0 fully saturated rings. The zero-order valence-electron chi connectivity index (χ0n) is 6.00. The average Bonchev–Trinajstić information content (AvgIpc) is 1.85. The second-order valence-electron chi connectivity index (χ2n) is 2.31. The molecular weight excluding hydrogens is 144 g/mol. The summed E-state index contributed by atoms with van der Waals surface area (Å²) in [5, 5.41) is 19.3. The molecule has 57 valence electrons. The first-order valence-electron chi connectivity index (χ1n) is 3.12. The van der Waals surface area contributed by atoms with Gasteiger partial charge in [0, 0.05) is 0 Å². The predicted octanol–water partition coefficient (Wildman–Crippen LogP) is 1.27. The van der Waals surface area contributed by atoms with E-state index in [1.807, 2.05) is 0 Å². The number of hydrogen-bond acceptors (Lipinski definition) is 2. The molecule has 0 saturated carbocycles. The first kappa shape index (κ1) is 7.60. The normalized spacial score (nSPS) is 9.55. The van der Waals surface area contributed by atoms with Crippen molar-refractivity contribution in [2.45, 2.75) is 6.92 Å². The number of aromatic hydroxyl groups is 1. The zero-order chi connectivity index (χ0) is 8.43. The van der Waals surface area contributed by atoms with Gasteiger partial charge >= 0.3 is 5.97 Å². The van der Waals surface area contributed by atoms with Crippen molar-refractivity contribution in [3.8, 4) is 5.75 Å². The van der Waals surface area contributed by atoms with Crippen LogP contribution in [0.2, 0.25) is 0 Å². The van der Waals surface area contributed by atoms with Crippen molar-refractivity contribution >= 4 is 5.97 Å². The van der Waals surface area contributed by atoms with Gasteiger partial charge in [-0.25, -0.2) is 9.90 Å². The van der Waals surface area contributed by atoms with E-state index >= 15 is 0 Å². The molecule has 3 nitrogen and oxygen atoms in total. The lowest BCUT2D eigenvalue weighted by molar-refractivity contribution is 0.0570. The van der Waals surface area contributed by atoms with Crippen LogP contribution in [0.5, 0.6) is 5.75 Å². The number of hydrogen-bond donors (Lipinski definition) is 1. The number of phenolic OH excluding ortho intramolecular Hbond substituents is 1. The topological polar surface area (TPSA) is 57.2 Å². The van der Waals surface area contributed by atoms with E-state index in [1.54, 1.807) is 13.0 Å². The Morgan fingerprint density at radius 2 is 2.09 bits per heavy atom. The number of carbonyl (C=O) groups excluding carboxylic acids is 1. The van der Waals surface area contributed by atoms with Crippen LogP contribution in [0.25, 0.3) is 0 Å². The molecule has 1 aromatic carbocycles. The van der Waals surface area contributed by atoms with Crippen LogP contribution in [0.4, 0.5) is 0 Å². The fourth-order valence-electron chi connectivity index (χ4n) is 0.814. The van der Waals surface area contributed by atoms with Crippen molar-refractivity contribution < 1.29 is 15.0 Å². The van der Waals surface area contributed by atoms with Crippen LogP contribution in [0.1, 0.15) is 15.9 Å². The maximum atomic E-state index is 10.3. The minimum atomic E-state index is -1.36. The molecule has 0 spiro atoms. The molecule has 0 unspecified atom stereocenters. The summed E-state index contributed by atoms with van der Waals surface area (Å²) >= 11 is 0. The molecule has 11 heavy (non-hydrogen) atoms. The summed E-state index contributed by atoms with van der Waals surface area (Å²) in [5.74, 6) is -1.60. The Labute approximate surface area is 63.9 Å². The second-order valence-corrected chi connectivity index (χ2v) is 2.31. The van der Waals surface area contributed by atoms with Crippen molar-refractivity contribution in [2.24, 2.45) is 0 Å². The van der Waals surface area contributed by atoms with E-state index in [2.05, 4.69) is 0 Å². The van der Waals surface area contributed by atoms with Crippen molar-refractivity contribution in [1.82, 2.24) is 0 Å². The summed E-state index contributed by atoms with van der Waals surface area (Å²) in [6, 6.07) is 4.30.